The highest BCUT2D eigenvalue weighted by Gasteiger charge is 2.36. The van der Waals surface area contributed by atoms with E-state index < -0.39 is 18.3 Å². The first kappa shape index (κ1) is 13.0. The van der Waals surface area contributed by atoms with Crippen LogP contribution < -0.4 is 0 Å². The monoisotopic (exact) mass is 251 g/mol. The van der Waals surface area contributed by atoms with Crippen molar-refractivity contribution in [3.05, 3.63) is 35.9 Å². The molecular formula is C13H17NO4. The van der Waals surface area contributed by atoms with Gasteiger partial charge in [0, 0.05) is 20.2 Å². The van der Waals surface area contributed by atoms with E-state index in [-0.39, 0.29) is 19.0 Å². The van der Waals surface area contributed by atoms with Gasteiger partial charge in [-0.3, -0.25) is 4.79 Å². The van der Waals surface area contributed by atoms with Gasteiger partial charge in [0.25, 0.3) is 5.91 Å². The highest BCUT2D eigenvalue weighted by Crippen LogP contribution is 2.22. The quantitative estimate of drug-likeness (QED) is 0.789. The van der Waals surface area contributed by atoms with Gasteiger partial charge in [-0.25, -0.2) is 0 Å². The molecule has 0 saturated carbocycles. The van der Waals surface area contributed by atoms with Crippen LogP contribution in [-0.4, -0.2) is 53.4 Å². The molecule has 0 bridgehead atoms. The highest BCUT2D eigenvalue weighted by molar-refractivity contribution is 5.82. The van der Waals surface area contributed by atoms with Crippen molar-refractivity contribution in [2.45, 2.75) is 18.3 Å². The number of benzene rings is 1. The summed E-state index contributed by atoms with van der Waals surface area (Å²) in [6, 6.07) is 9.17. The lowest BCUT2D eigenvalue weighted by molar-refractivity contribution is -0.141. The fourth-order valence-electron chi connectivity index (χ4n) is 2.12. The van der Waals surface area contributed by atoms with Gasteiger partial charge >= 0.3 is 0 Å². The molecule has 0 spiro atoms. The van der Waals surface area contributed by atoms with Crippen LogP contribution in [0.5, 0.6) is 0 Å². The van der Waals surface area contributed by atoms with Gasteiger partial charge in [-0.15, -0.1) is 0 Å². The largest absolute Gasteiger partial charge is 0.388 e. The standard InChI is InChI=1S/C13H17NO4/c1-18-12(9-5-3-2-4-6-9)13(17)14-7-10(15)11(16)8-14/h2-6,10-12,15-16H,7-8H2,1H3. The van der Waals surface area contributed by atoms with Crippen LogP contribution in [0.2, 0.25) is 0 Å². The third-order valence-electron chi connectivity index (χ3n) is 3.13. The summed E-state index contributed by atoms with van der Waals surface area (Å²) in [6.45, 7) is 0.291. The molecule has 3 unspecified atom stereocenters. The minimum absolute atomic E-state index is 0.146. The first-order valence-electron chi connectivity index (χ1n) is 5.86. The van der Waals surface area contributed by atoms with Gasteiger partial charge in [0.2, 0.25) is 0 Å². The van der Waals surface area contributed by atoms with E-state index in [0.717, 1.165) is 5.56 Å². The van der Waals surface area contributed by atoms with Gasteiger partial charge in [0.15, 0.2) is 6.10 Å². The molecule has 0 aliphatic carbocycles. The molecule has 5 nitrogen and oxygen atoms in total. The summed E-state index contributed by atoms with van der Waals surface area (Å²) in [5, 5.41) is 18.9. The van der Waals surface area contributed by atoms with Gasteiger partial charge < -0.3 is 19.8 Å². The van der Waals surface area contributed by atoms with Crippen LogP contribution in [0.3, 0.4) is 0 Å². The van der Waals surface area contributed by atoms with Crippen molar-refractivity contribution in [3.8, 4) is 0 Å². The Bertz CT molecular complexity index is 399. The van der Waals surface area contributed by atoms with Gasteiger partial charge in [-0.2, -0.15) is 0 Å². The average molecular weight is 251 g/mol. The summed E-state index contributed by atoms with van der Waals surface area (Å²) in [5.74, 6) is -0.237. The zero-order valence-corrected chi connectivity index (χ0v) is 10.2. The molecule has 1 heterocycles. The summed E-state index contributed by atoms with van der Waals surface area (Å²) in [5.41, 5.74) is 0.765. The first-order chi connectivity index (χ1) is 8.63. The Morgan fingerprint density at radius 2 is 1.83 bits per heavy atom. The molecule has 1 aromatic rings. The van der Waals surface area contributed by atoms with Crippen molar-refractivity contribution in [1.29, 1.82) is 0 Å². The summed E-state index contributed by atoms with van der Waals surface area (Å²) in [4.78, 5) is 13.7. The molecule has 18 heavy (non-hydrogen) atoms. The van der Waals surface area contributed by atoms with Gasteiger partial charge in [0.05, 0.1) is 12.2 Å². The second kappa shape index (κ2) is 5.48. The second-order valence-electron chi connectivity index (χ2n) is 4.40. The summed E-state index contributed by atoms with van der Waals surface area (Å²) < 4.78 is 5.23. The molecular weight excluding hydrogens is 234 g/mol. The SMILES string of the molecule is COC(C(=O)N1CC(O)C(O)C1)c1ccccc1. The van der Waals surface area contributed by atoms with Crippen LogP contribution in [0.25, 0.3) is 0 Å². The van der Waals surface area contributed by atoms with Crippen LogP contribution in [-0.2, 0) is 9.53 Å². The van der Waals surface area contributed by atoms with Crippen molar-refractivity contribution in [1.82, 2.24) is 4.90 Å². The molecule has 1 aliphatic rings. The number of carbonyl (C=O) groups is 1. The van der Waals surface area contributed by atoms with Crippen molar-refractivity contribution in [3.63, 3.8) is 0 Å². The first-order valence-corrected chi connectivity index (χ1v) is 5.86. The van der Waals surface area contributed by atoms with Crippen LogP contribution in [0.4, 0.5) is 0 Å². The molecule has 1 amide bonds. The predicted octanol–water partition coefficient (Wildman–Crippen LogP) is -0.0619. The van der Waals surface area contributed by atoms with Crippen LogP contribution in [0.1, 0.15) is 11.7 Å². The zero-order valence-electron chi connectivity index (χ0n) is 10.2. The molecule has 3 atom stereocenters. The van der Waals surface area contributed by atoms with E-state index in [0.29, 0.717) is 0 Å². The highest BCUT2D eigenvalue weighted by atomic mass is 16.5. The number of nitrogens with zero attached hydrogens (tertiary/aromatic N) is 1. The number of amides is 1. The second-order valence-corrected chi connectivity index (χ2v) is 4.40. The Hall–Kier alpha value is -1.43. The van der Waals surface area contributed by atoms with Crippen molar-refractivity contribution >= 4 is 5.91 Å². The van der Waals surface area contributed by atoms with Gasteiger partial charge in [0.1, 0.15) is 0 Å². The average Bonchev–Trinajstić information content (AvgIpc) is 2.72. The lowest BCUT2D eigenvalue weighted by Crippen LogP contribution is -2.35. The number of hydrogen-bond acceptors (Lipinski definition) is 4. The molecule has 0 radical (unpaired) electrons. The van der Waals surface area contributed by atoms with Gasteiger partial charge in [-0.1, -0.05) is 30.3 Å². The summed E-state index contributed by atoms with van der Waals surface area (Å²) >= 11 is 0. The predicted molar refractivity (Wildman–Crippen MR) is 64.8 cm³/mol. The van der Waals surface area contributed by atoms with Crippen LogP contribution in [0, 0.1) is 0 Å². The maximum Gasteiger partial charge on any atom is 0.256 e. The summed E-state index contributed by atoms with van der Waals surface area (Å²) in [6.07, 6.45) is -2.44. The Morgan fingerprint density at radius 3 is 2.33 bits per heavy atom. The Morgan fingerprint density at radius 1 is 1.28 bits per heavy atom. The summed E-state index contributed by atoms with van der Waals surface area (Å²) in [7, 11) is 1.47. The number of rotatable bonds is 3. The van der Waals surface area contributed by atoms with E-state index in [4.69, 9.17) is 4.74 Å². The molecule has 1 aromatic carbocycles. The normalized spacial score (nSPS) is 25.2. The fraction of sp³-hybridized carbons (Fsp3) is 0.462. The fourth-order valence-corrected chi connectivity index (χ4v) is 2.12. The number of β-amino-alcohol motifs (C(OH)–C–C–N with tert-alkyl or cyclic N) is 2. The minimum atomic E-state index is -0.873. The number of hydrogen-bond donors (Lipinski definition) is 2. The number of aliphatic hydroxyl groups is 2. The lowest BCUT2D eigenvalue weighted by atomic mass is 10.1. The Labute approximate surface area is 106 Å². The molecule has 0 aromatic heterocycles. The molecule has 1 fully saturated rings. The molecule has 2 rings (SSSR count). The molecule has 1 saturated heterocycles. The smallest absolute Gasteiger partial charge is 0.256 e. The molecule has 98 valence electrons. The van der Waals surface area contributed by atoms with Crippen molar-refractivity contribution in [2.75, 3.05) is 20.2 Å². The third-order valence-corrected chi connectivity index (χ3v) is 3.13. The van der Waals surface area contributed by atoms with E-state index in [9.17, 15) is 15.0 Å². The van der Waals surface area contributed by atoms with Gasteiger partial charge in [-0.05, 0) is 5.56 Å². The number of aliphatic hydroxyl groups excluding tert-OH is 2. The van der Waals surface area contributed by atoms with E-state index in [2.05, 4.69) is 0 Å². The lowest BCUT2D eigenvalue weighted by Gasteiger charge is -2.22. The third kappa shape index (κ3) is 2.53. The van der Waals surface area contributed by atoms with E-state index >= 15 is 0 Å². The van der Waals surface area contributed by atoms with E-state index in [1.165, 1.54) is 12.0 Å². The van der Waals surface area contributed by atoms with Crippen molar-refractivity contribution < 1.29 is 19.7 Å². The maximum atomic E-state index is 12.2. The number of methoxy groups -OCH3 is 1. The molecule has 1 aliphatic heterocycles. The minimum Gasteiger partial charge on any atom is -0.388 e. The van der Waals surface area contributed by atoms with Crippen LogP contribution >= 0.6 is 0 Å². The van der Waals surface area contributed by atoms with E-state index in [1.54, 1.807) is 0 Å². The topological polar surface area (TPSA) is 70.0 Å². The number of likely N-dealkylation sites (tertiary alicyclic amines) is 1. The number of carbonyl (C=O) groups excluding carboxylic acids is 1. The van der Waals surface area contributed by atoms with E-state index in [1.807, 2.05) is 30.3 Å². The van der Waals surface area contributed by atoms with Crippen molar-refractivity contribution in [2.24, 2.45) is 0 Å². The molecule has 2 N–H and O–H groups in total. The number of ether oxygens (including phenoxy) is 1. The Kier molecular flexibility index (Phi) is 3.96. The molecule has 5 heteroatoms. The maximum absolute atomic E-state index is 12.2. The van der Waals surface area contributed by atoms with Crippen LogP contribution in [0.15, 0.2) is 30.3 Å². The zero-order chi connectivity index (χ0) is 13.1. The Balaban J connectivity index is 2.12.